The number of benzene rings is 2. The van der Waals surface area contributed by atoms with Gasteiger partial charge in [0.25, 0.3) is 10.0 Å². The number of rotatable bonds is 4. The highest BCUT2D eigenvalue weighted by molar-refractivity contribution is 14.1. The van der Waals surface area contributed by atoms with E-state index in [0.717, 1.165) is 3.57 Å². The number of halogens is 3. The molecule has 21 heavy (non-hydrogen) atoms. The second kappa shape index (κ2) is 6.70. The van der Waals surface area contributed by atoms with Gasteiger partial charge in [0, 0.05) is 14.3 Å². The Morgan fingerprint density at radius 3 is 2.48 bits per heavy atom. The Bertz CT molecular complexity index is 781. The molecule has 0 aliphatic carbocycles. The molecule has 0 saturated heterocycles. The molecule has 0 aromatic heterocycles. The summed E-state index contributed by atoms with van der Waals surface area (Å²) in [7, 11) is -3.87. The molecule has 2 rings (SSSR count). The van der Waals surface area contributed by atoms with Crippen LogP contribution in [-0.4, -0.2) is 13.5 Å². The van der Waals surface area contributed by atoms with Gasteiger partial charge in [0.1, 0.15) is 4.90 Å². The Hall–Kier alpha value is -0.540. The number of anilines is 1. The lowest BCUT2D eigenvalue weighted by atomic mass is 10.2. The first-order valence-corrected chi connectivity index (χ1v) is 9.02. The van der Waals surface area contributed by atoms with Crippen LogP contribution in [0.3, 0.4) is 0 Å². The molecule has 2 aromatic carbocycles. The first kappa shape index (κ1) is 16.8. The minimum absolute atomic E-state index is 0.00433. The first-order valence-electron chi connectivity index (χ1n) is 5.70. The molecule has 0 radical (unpaired) electrons. The highest BCUT2D eigenvalue weighted by Crippen LogP contribution is 2.30. The summed E-state index contributed by atoms with van der Waals surface area (Å²) >= 11 is 13.9. The van der Waals surface area contributed by atoms with Crippen molar-refractivity contribution < 1.29 is 13.5 Å². The standard InChI is InChI=1S/C13H10Cl2INO3S/c14-11-6-12(15)13(4-8(11)7-18)21(19,20)17-10-3-1-2-9(16)5-10/h1-6,17-18H,7H2. The zero-order valence-electron chi connectivity index (χ0n) is 10.5. The highest BCUT2D eigenvalue weighted by Gasteiger charge is 2.20. The van der Waals surface area contributed by atoms with Gasteiger partial charge in [0.2, 0.25) is 0 Å². The second-order valence-electron chi connectivity index (χ2n) is 4.15. The molecule has 0 fully saturated rings. The normalized spacial score (nSPS) is 11.4. The van der Waals surface area contributed by atoms with Crippen LogP contribution >= 0.6 is 45.8 Å². The molecule has 0 saturated carbocycles. The average Bonchev–Trinajstić information content (AvgIpc) is 2.37. The van der Waals surface area contributed by atoms with Crippen molar-refractivity contribution in [3.63, 3.8) is 0 Å². The summed E-state index contributed by atoms with van der Waals surface area (Å²) in [6.45, 7) is -0.373. The molecule has 4 nitrogen and oxygen atoms in total. The van der Waals surface area contributed by atoms with Crippen LogP contribution in [0, 0.1) is 3.57 Å². The van der Waals surface area contributed by atoms with E-state index in [2.05, 4.69) is 27.3 Å². The molecule has 0 unspecified atom stereocenters. The smallest absolute Gasteiger partial charge is 0.263 e. The molecule has 0 aliphatic rings. The van der Waals surface area contributed by atoms with Crippen molar-refractivity contribution >= 4 is 61.5 Å². The molecule has 0 heterocycles. The van der Waals surface area contributed by atoms with Crippen LogP contribution in [-0.2, 0) is 16.6 Å². The Morgan fingerprint density at radius 1 is 1.14 bits per heavy atom. The molecule has 0 atom stereocenters. The fraction of sp³-hybridized carbons (Fsp3) is 0.0769. The molecule has 112 valence electrons. The molecular weight excluding hydrogens is 448 g/mol. The number of sulfonamides is 1. The summed E-state index contributed by atoms with van der Waals surface area (Å²) in [6, 6.07) is 9.48. The number of hydrogen-bond acceptors (Lipinski definition) is 3. The van der Waals surface area contributed by atoms with E-state index >= 15 is 0 Å². The predicted octanol–water partition coefficient (Wildman–Crippen LogP) is 3.89. The minimum Gasteiger partial charge on any atom is -0.392 e. The molecule has 2 N–H and O–H groups in total. The third kappa shape index (κ3) is 4.01. The van der Waals surface area contributed by atoms with E-state index in [4.69, 9.17) is 23.2 Å². The van der Waals surface area contributed by atoms with Gasteiger partial charge in [-0.05, 0) is 58.5 Å². The van der Waals surface area contributed by atoms with Crippen LogP contribution in [0.15, 0.2) is 41.3 Å². The van der Waals surface area contributed by atoms with Crippen LogP contribution in [0.5, 0.6) is 0 Å². The first-order chi connectivity index (χ1) is 9.83. The van der Waals surface area contributed by atoms with Gasteiger partial charge in [-0.1, -0.05) is 29.3 Å². The zero-order valence-corrected chi connectivity index (χ0v) is 15.0. The predicted molar refractivity (Wildman–Crippen MR) is 92.4 cm³/mol. The van der Waals surface area contributed by atoms with Crippen LogP contribution in [0.1, 0.15) is 5.56 Å². The van der Waals surface area contributed by atoms with Gasteiger partial charge in [-0.15, -0.1) is 0 Å². The maximum absolute atomic E-state index is 12.4. The fourth-order valence-electron chi connectivity index (χ4n) is 1.66. The Morgan fingerprint density at radius 2 is 1.86 bits per heavy atom. The SMILES string of the molecule is O=S(=O)(Nc1cccc(I)c1)c1cc(CO)c(Cl)cc1Cl. The highest BCUT2D eigenvalue weighted by atomic mass is 127. The van der Waals surface area contributed by atoms with Crippen molar-refractivity contribution in [2.45, 2.75) is 11.5 Å². The molecule has 8 heteroatoms. The summed E-state index contributed by atoms with van der Waals surface area (Å²) in [5.74, 6) is 0. The van der Waals surface area contributed by atoms with E-state index in [9.17, 15) is 13.5 Å². The second-order valence-corrected chi connectivity index (χ2v) is 7.86. The monoisotopic (exact) mass is 457 g/mol. The minimum atomic E-state index is -3.87. The lowest BCUT2D eigenvalue weighted by Crippen LogP contribution is -2.14. The Kier molecular flexibility index (Phi) is 5.37. The van der Waals surface area contributed by atoms with Gasteiger partial charge in [-0.3, -0.25) is 4.72 Å². The molecule has 2 aromatic rings. The van der Waals surface area contributed by atoms with Crippen molar-refractivity contribution in [3.05, 3.63) is 55.6 Å². The number of aliphatic hydroxyl groups excluding tert-OH is 1. The van der Waals surface area contributed by atoms with Crippen molar-refractivity contribution in [3.8, 4) is 0 Å². The largest absolute Gasteiger partial charge is 0.392 e. The summed E-state index contributed by atoms with van der Waals surface area (Å²) < 4.78 is 28.1. The topological polar surface area (TPSA) is 66.4 Å². The molecular formula is C13H10Cl2INO3S. The zero-order chi connectivity index (χ0) is 15.6. The average molecular weight is 458 g/mol. The Balaban J connectivity index is 2.44. The number of hydrogen-bond donors (Lipinski definition) is 2. The quantitative estimate of drug-likeness (QED) is 0.684. The molecule has 0 amide bonds. The summed E-state index contributed by atoms with van der Waals surface area (Å²) in [4.78, 5) is -0.128. The van der Waals surface area contributed by atoms with Crippen LogP contribution in [0.4, 0.5) is 5.69 Å². The van der Waals surface area contributed by atoms with E-state index in [0.29, 0.717) is 11.3 Å². The van der Waals surface area contributed by atoms with E-state index in [1.807, 2.05) is 6.07 Å². The summed E-state index contributed by atoms with van der Waals surface area (Å²) in [5.41, 5.74) is 0.725. The van der Waals surface area contributed by atoms with E-state index in [1.165, 1.54) is 12.1 Å². The molecule has 0 spiro atoms. The van der Waals surface area contributed by atoms with Gasteiger partial charge in [-0.2, -0.15) is 0 Å². The number of aliphatic hydroxyl groups is 1. The summed E-state index contributed by atoms with van der Waals surface area (Å²) in [6.07, 6.45) is 0. The maximum Gasteiger partial charge on any atom is 0.263 e. The van der Waals surface area contributed by atoms with Crippen molar-refractivity contribution in [1.29, 1.82) is 0 Å². The lowest BCUT2D eigenvalue weighted by Gasteiger charge is -2.12. The summed E-state index contributed by atoms with van der Waals surface area (Å²) in [5, 5.41) is 9.40. The van der Waals surface area contributed by atoms with Gasteiger partial charge >= 0.3 is 0 Å². The van der Waals surface area contributed by atoms with Crippen LogP contribution < -0.4 is 4.72 Å². The fourth-order valence-corrected chi connectivity index (χ4v) is 4.11. The van der Waals surface area contributed by atoms with Crippen LogP contribution in [0.2, 0.25) is 10.0 Å². The van der Waals surface area contributed by atoms with Crippen molar-refractivity contribution in [2.24, 2.45) is 0 Å². The molecule has 0 aliphatic heterocycles. The van der Waals surface area contributed by atoms with Gasteiger partial charge in [0.05, 0.1) is 11.6 Å². The third-order valence-corrected chi connectivity index (χ3v) is 5.51. The van der Waals surface area contributed by atoms with Gasteiger partial charge in [0.15, 0.2) is 0 Å². The van der Waals surface area contributed by atoms with E-state index in [1.54, 1.807) is 18.2 Å². The lowest BCUT2D eigenvalue weighted by molar-refractivity contribution is 0.281. The maximum atomic E-state index is 12.4. The Labute approximate surface area is 146 Å². The van der Waals surface area contributed by atoms with Gasteiger partial charge < -0.3 is 5.11 Å². The molecule has 0 bridgehead atoms. The number of nitrogens with one attached hydrogen (secondary N) is 1. The van der Waals surface area contributed by atoms with Crippen molar-refractivity contribution in [2.75, 3.05) is 4.72 Å². The third-order valence-electron chi connectivity index (χ3n) is 2.64. The van der Waals surface area contributed by atoms with Crippen molar-refractivity contribution in [1.82, 2.24) is 0 Å². The van der Waals surface area contributed by atoms with E-state index in [-0.39, 0.29) is 21.5 Å². The van der Waals surface area contributed by atoms with E-state index < -0.39 is 10.0 Å². The van der Waals surface area contributed by atoms with Gasteiger partial charge in [-0.25, -0.2) is 8.42 Å². The van der Waals surface area contributed by atoms with Crippen LogP contribution in [0.25, 0.3) is 0 Å².